The number of urea groups is 1. The molecule has 1 atom stereocenters. The molecule has 1 aromatic carbocycles. The van der Waals surface area contributed by atoms with Gasteiger partial charge in [-0.05, 0) is 18.6 Å². The molecule has 112 valence electrons. The van der Waals surface area contributed by atoms with Crippen LogP contribution in [0.3, 0.4) is 0 Å². The summed E-state index contributed by atoms with van der Waals surface area (Å²) in [6.07, 6.45) is 0.926. The van der Waals surface area contributed by atoms with Gasteiger partial charge < -0.3 is 19.8 Å². The van der Waals surface area contributed by atoms with Crippen molar-refractivity contribution in [1.82, 2.24) is 10.3 Å². The number of carbonyl (C=O) groups is 1. The fourth-order valence-electron chi connectivity index (χ4n) is 2.38. The minimum atomic E-state index is -0.546. The summed E-state index contributed by atoms with van der Waals surface area (Å²) in [6, 6.07) is 4.79. The Kier molecular flexibility index (Phi) is 3.42. The number of H-pyrrole nitrogens is 1. The average molecular weight is 291 g/mol. The second kappa shape index (κ2) is 5.25. The van der Waals surface area contributed by atoms with E-state index in [1.165, 1.54) is 0 Å². The number of ether oxygens (including phenoxy) is 1. The molecule has 2 amide bonds. The lowest BCUT2D eigenvalue weighted by Gasteiger charge is -2.21. The molecule has 3 N–H and O–H groups in total. The van der Waals surface area contributed by atoms with Crippen molar-refractivity contribution in [3.8, 4) is 0 Å². The highest BCUT2D eigenvalue weighted by Gasteiger charge is 2.30. The number of hydrogen-bond donors (Lipinski definition) is 3. The number of amides is 2. The zero-order valence-corrected chi connectivity index (χ0v) is 11.7. The van der Waals surface area contributed by atoms with Crippen LogP contribution in [0, 0.1) is 5.41 Å². The number of oxazole rings is 1. The van der Waals surface area contributed by atoms with Gasteiger partial charge in [0.1, 0.15) is 0 Å². The predicted molar refractivity (Wildman–Crippen MR) is 77.4 cm³/mol. The quantitative estimate of drug-likeness (QED) is 0.801. The van der Waals surface area contributed by atoms with E-state index >= 15 is 0 Å². The molecule has 7 heteroatoms. The van der Waals surface area contributed by atoms with Crippen LogP contribution in [0.5, 0.6) is 0 Å². The molecule has 1 aliphatic heterocycles. The third kappa shape index (κ3) is 2.92. The van der Waals surface area contributed by atoms with Crippen LogP contribution in [0.4, 0.5) is 10.5 Å². The van der Waals surface area contributed by atoms with E-state index in [2.05, 4.69) is 22.5 Å². The molecule has 0 radical (unpaired) electrons. The molecule has 0 bridgehead atoms. The SMILES string of the molecule is CC1(CNC(=O)Nc2cccc3[nH]c(=O)oc23)CCOC1. The molecule has 3 rings (SSSR count). The number of hydrogen-bond acceptors (Lipinski definition) is 4. The molecule has 0 saturated carbocycles. The summed E-state index contributed by atoms with van der Waals surface area (Å²) in [7, 11) is 0. The van der Waals surface area contributed by atoms with E-state index in [1.807, 2.05) is 0 Å². The number of aromatic amines is 1. The van der Waals surface area contributed by atoms with Gasteiger partial charge in [0.25, 0.3) is 0 Å². The van der Waals surface area contributed by atoms with Gasteiger partial charge >= 0.3 is 11.8 Å². The first-order valence-corrected chi connectivity index (χ1v) is 6.80. The Hall–Kier alpha value is -2.28. The van der Waals surface area contributed by atoms with Crippen molar-refractivity contribution in [2.45, 2.75) is 13.3 Å². The normalized spacial score (nSPS) is 21.6. The Balaban J connectivity index is 1.67. The van der Waals surface area contributed by atoms with Crippen LogP contribution in [-0.2, 0) is 4.74 Å². The number of fused-ring (bicyclic) bond motifs is 1. The van der Waals surface area contributed by atoms with Crippen molar-refractivity contribution in [1.29, 1.82) is 0 Å². The third-order valence-electron chi connectivity index (χ3n) is 3.67. The van der Waals surface area contributed by atoms with Gasteiger partial charge in [0.05, 0.1) is 17.8 Å². The zero-order valence-electron chi connectivity index (χ0n) is 11.7. The molecule has 0 spiro atoms. The number of aromatic nitrogens is 1. The zero-order chi connectivity index (χ0) is 14.9. The van der Waals surface area contributed by atoms with Gasteiger partial charge in [-0.25, -0.2) is 9.59 Å². The summed E-state index contributed by atoms with van der Waals surface area (Å²) < 4.78 is 10.4. The average Bonchev–Trinajstić information content (AvgIpc) is 3.03. The number of carbonyl (C=O) groups excluding carboxylic acids is 1. The van der Waals surface area contributed by atoms with Crippen molar-refractivity contribution < 1.29 is 13.9 Å². The summed E-state index contributed by atoms with van der Waals surface area (Å²) in [5.74, 6) is -0.546. The molecule has 21 heavy (non-hydrogen) atoms. The number of nitrogens with one attached hydrogen (secondary N) is 3. The lowest BCUT2D eigenvalue weighted by atomic mass is 9.90. The smallest absolute Gasteiger partial charge is 0.406 e. The molecular formula is C14H17N3O4. The maximum absolute atomic E-state index is 12.0. The topological polar surface area (TPSA) is 96.4 Å². The van der Waals surface area contributed by atoms with E-state index in [0.29, 0.717) is 29.9 Å². The summed E-state index contributed by atoms with van der Waals surface area (Å²) in [4.78, 5) is 25.7. The maximum Gasteiger partial charge on any atom is 0.417 e. The number of anilines is 1. The van der Waals surface area contributed by atoms with Crippen molar-refractivity contribution >= 4 is 22.8 Å². The van der Waals surface area contributed by atoms with Crippen molar-refractivity contribution in [3.63, 3.8) is 0 Å². The highest BCUT2D eigenvalue weighted by Crippen LogP contribution is 2.26. The standard InChI is InChI=1S/C14H17N3O4/c1-14(5-6-20-8-14)7-15-12(18)16-9-3-2-4-10-11(9)21-13(19)17-10/h2-4H,5-8H2,1H3,(H,17,19)(H2,15,16,18). The van der Waals surface area contributed by atoms with E-state index in [9.17, 15) is 9.59 Å². The molecule has 7 nitrogen and oxygen atoms in total. The second-order valence-electron chi connectivity index (χ2n) is 5.62. The third-order valence-corrected chi connectivity index (χ3v) is 3.67. The van der Waals surface area contributed by atoms with E-state index < -0.39 is 5.76 Å². The number of rotatable bonds is 3. The molecule has 1 saturated heterocycles. The van der Waals surface area contributed by atoms with Crippen LogP contribution in [-0.4, -0.2) is 30.8 Å². The van der Waals surface area contributed by atoms with Gasteiger partial charge in [-0.3, -0.25) is 4.98 Å². The molecule has 1 unspecified atom stereocenters. The van der Waals surface area contributed by atoms with E-state index in [0.717, 1.165) is 13.0 Å². The molecule has 0 aliphatic carbocycles. The Bertz CT molecular complexity index is 712. The maximum atomic E-state index is 12.0. The number of para-hydroxylation sites is 1. The van der Waals surface area contributed by atoms with Gasteiger partial charge in [-0.15, -0.1) is 0 Å². The Morgan fingerprint density at radius 3 is 3.10 bits per heavy atom. The lowest BCUT2D eigenvalue weighted by molar-refractivity contribution is 0.159. The first kappa shape index (κ1) is 13.7. The molecule has 1 aliphatic rings. The molecule has 1 fully saturated rings. The summed E-state index contributed by atoms with van der Waals surface area (Å²) in [6.45, 7) is 3.99. The predicted octanol–water partition coefficient (Wildman–Crippen LogP) is 1.67. The summed E-state index contributed by atoms with van der Waals surface area (Å²) >= 11 is 0. The first-order valence-electron chi connectivity index (χ1n) is 6.80. The Labute approximate surface area is 120 Å². The Morgan fingerprint density at radius 1 is 1.48 bits per heavy atom. The van der Waals surface area contributed by atoms with Crippen molar-refractivity contribution in [2.24, 2.45) is 5.41 Å². The van der Waals surface area contributed by atoms with E-state index in [1.54, 1.807) is 18.2 Å². The van der Waals surface area contributed by atoms with Crippen LogP contribution < -0.4 is 16.4 Å². The van der Waals surface area contributed by atoms with Gasteiger partial charge in [-0.1, -0.05) is 13.0 Å². The molecular weight excluding hydrogens is 274 g/mol. The van der Waals surface area contributed by atoms with Crippen LogP contribution in [0.15, 0.2) is 27.4 Å². The van der Waals surface area contributed by atoms with Gasteiger partial charge in [0.2, 0.25) is 0 Å². The molecule has 2 heterocycles. The fourth-order valence-corrected chi connectivity index (χ4v) is 2.38. The van der Waals surface area contributed by atoms with Crippen LogP contribution >= 0.6 is 0 Å². The van der Waals surface area contributed by atoms with Gasteiger partial charge in [-0.2, -0.15) is 0 Å². The highest BCUT2D eigenvalue weighted by atomic mass is 16.5. The van der Waals surface area contributed by atoms with Gasteiger partial charge in [0, 0.05) is 18.6 Å². The molecule has 1 aromatic heterocycles. The van der Waals surface area contributed by atoms with Crippen LogP contribution in [0.1, 0.15) is 13.3 Å². The fraction of sp³-hybridized carbons (Fsp3) is 0.429. The van der Waals surface area contributed by atoms with E-state index in [4.69, 9.17) is 9.15 Å². The van der Waals surface area contributed by atoms with Gasteiger partial charge in [0.15, 0.2) is 5.58 Å². The largest absolute Gasteiger partial charge is 0.417 e. The van der Waals surface area contributed by atoms with Crippen LogP contribution in [0.25, 0.3) is 11.1 Å². The van der Waals surface area contributed by atoms with Crippen LogP contribution in [0.2, 0.25) is 0 Å². The summed E-state index contributed by atoms with van der Waals surface area (Å²) in [5, 5.41) is 5.52. The highest BCUT2D eigenvalue weighted by molar-refractivity contribution is 5.97. The minimum absolute atomic E-state index is 0.0238. The first-order chi connectivity index (χ1) is 10.1. The van der Waals surface area contributed by atoms with E-state index in [-0.39, 0.29) is 11.4 Å². The second-order valence-corrected chi connectivity index (χ2v) is 5.62. The Morgan fingerprint density at radius 2 is 2.33 bits per heavy atom. The van der Waals surface area contributed by atoms with Crippen molar-refractivity contribution in [3.05, 3.63) is 28.7 Å². The summed E-state index contributed by atoms with van der Waals surface area (Å²) in [5.41, 5.74) is 1.32. The molecule has 2 aromatic rings. The lowest BCUT2D eigenvalue weighted by Crippen LogP contribution is -2.38. The minimum Gasteiger partial charge on any atom is -0.406 e. The monoisotopic (exact) mass is 291 g/mol. The van der Waals surface area contributed by atoms with Crippen molar-refractivity contribution in [2.75, 3.05) is 25.1 Å². The number of benzene rings is 1.